The molecule has 82 valence electrons. The van der Waals surface area contributed by atoms with Crippen molar-refractivity contribution in [3.8, 4) is 0 Å². The molecule has 2 nitrogen and oxygen atoms in total. The van der Waals surface area contributed by atoms with E-state index in [0.29, 0.717) is 6.04 Å². The van der Waals surface area contributed by atoms with Gasteiger partial charge in [0.05, 0.1) is 0 Å². The third-order valence-electron chi connectivity index (χ3n) is 2.94. The number of nitrogens with zero attached hydrogens (tertiary/aromatic N) is 1. The topological polar surface area (TPSA) is 15.3 Å². The predicted octanol–water partition coefficient (Wildman–Crippen LogP) is 1.79. The van der Waals surface area contributed by atoms with Crippen LogP contribution < -0.4 is 5.32 Å². The molecule has 2 rings (SSSR count). The first-order valence-electron chi connectivity index (χ1n) is 5.75. The molecular formula is C13H20N2. The highest BCUT2D eigenvalue weighted by molar-refractivity contribution is 5.22. The molecular weight excluding hydrogens is 184 g/mol. The highest BCUT2D eigenvalue weighted by atomic mass is 15.2. The Morgan fingerprint density at radius 2 is 2.33 bits per heavy atom. The number of rotatable bonds is 2. The summed E-state index contributed by atoms with van der Waals surface area (Å²) in [5, 5.41) is 3.47. The van der Waals surface area contributed by atoms with Gasteiger partial charge in [-0.25, -0.2) is 0 Å². The molecule has 0 amide bonds. The van der Waals surface area contributed by atoms with E-state index in [-0.39, 0.29) is 0 Å². The lowest BCUT2D eigenvalue weighted by Crippen LogP contribution is -2.48. The summed E-state index contributed by atoms with van der Waals surface area (Å²) in [6, 6.07) is 9.44. The Hall–Kier alpha value is -0.860. The Bertz CT molecular complexity index is 322. The van der Waals surface area contributed by atoms with Crippen molar-refractivity contribution >= 4 is 0 Å². The van der Waals surface area contributed by atoms with E-state index in [1.165, 1.54) is 11.1 Å². The van der Waals surface area contributed by atoms with Gasteiger partial charge in [-0.15, -0.1) is 0 Å². The second kappa shape index (κ2) is 4.77. The monoisotopic (exact) mass is 204 g/mol. The molecule has 0 spiro atoms. The Kier molecular flexibility index (Phi) is 3.39. The smallest absolute Gasteiger partial charge is 0.0235 e. The van der Waals surface area contributed by atoms with Gasteiger partial charge in [0.25, 0.3) is 0 Å². The van der Waals surface area contributed by atoms with Crippen molar-refractivity contribution in [3.63, 3.8) is 0 Å². The molecule has 0 aliphatic carbocycles. The number of benzene rings is 1. The van der Waals surface area contributed by atoms with E-state index in [2.05, 4.69) is 48.3 Å². The van der Waals surface area contributed by atoms with Crippen LogP contribution in [0.3, 0.4) is 0 Å². The van der Waals surface area contributed by atoms with Crippen LogP contribution in [0.2, 0.25) is 0 Å². The summed E-state index contributed by atoms with van der Waals surface area (Å²) in [5.74, 6) is 0. The summed E-state index contributed by atoms with van der Waals surface area (Å²) >= 11 is 0. The van der Waals surface area contributed by atoms with Gasteiger partial charge < -0.3 is 5.32 Å². The number of nitrogens with one attached hydrogen (secondary N) is 1. The zero-order valence-electron chi connectivity index (χ0n) is 9.66. The highest BCUT2D eigenvalue weighted by Gasteiger charge is 2.15. The van der Waals surface area contributed by atoms with Gasteiger partial charge in [0.15, 0.2) is 0 Å². The van der Waals surface area contributed by atoms with E-state index >= 15 is 0 Å². The number of aryl methyl sites for hydroxylation is 1. The molecule has 0 unspecified atom stereocenters. The van der Waals surface area contributed by atoms with Crippen molar-refractivity contribution in [2.75, 3.05) is 19.6 Å². The van der Waals surface area contributed by atoms with Crippen LogP contribution in [-0.4, -0.2) is 30.6 Å². The van der Waals surface area contributed by atoms with E-state index in [0.717, 1.165) is 26.2 Å². The molecule has 1 aliphatic rings. The molecule has 0 radical (unpaired) electrons. The van der Waals surface area contributed by atoms with Gasteiger partial charge in [-0.05, 0) is 19.4 Å². The fourth-order valence-electron chi connectivity index (χ4n) is 2.22. The highest BCUT2D eigenvalue weighted by Crippen LogP contribution is 2.09. The lowest BCUT2D eigenvalue weighted by atomic mass is 10.1. The molecule has 1 heterocycles. The van der Waals surface area contributed by atoms with Gasteiger partial charge in [-0.3, -0.25) is 4.90 Å². The van der Waals surface area contributed by atoms with E-state index < -0.39 is 0 Å². The lowest BCUT2D eigenvalue weighted by Gasteiger charge is -2.31. The Morgan fingerprint density at radius 1 is 1.47 bits per heavy atom. The number of hydrogen-bond acceptors (Lipinski definition) is 2. The third kappa shape index (κ3) is 3.05. The van der Waals surface area contributed by atoms with Gasteiger partial charge in [0, 0.05) is 32.2 Å². The van der Waals surface area contributed by atoms with Gasteiger partial charge in [0.2, 0.25) is 0 Å². The molecule has 2 heteroatoms. The minimum Gasteiger partial charge on any atom is -0.312 e. The quantitative estimate of drug-likeness (QED) is 0.790. The van der Waals surface area contributed by atoms with E-state index in [9.17, 15) is 0 Å². The van der Waals surface area contributed by atoms with Crippen LogP contribution >= 0.6 is 0 Å². The van der Waals surface area contributed by atoms with E-state index in [1.807, 2.05) is 0 Å². The zero-order chi connectivity index (χ0) is 10.7. The van der Waals surface area contributed by atoms with Gasteiger partial charge in [-0.1, -0.05) is 29.8 Å². The lowest BCUT2D eigenvalue weighted by molar-refractivity contribution is 0.199. The molecule has 0 saturated carbocycles. The van der Waals surface area contributed by atoms with E-state index in [4.69, 9.17) is 0 Å². The molecule has 15 heavy (non-hydrogen) atoms. The average molecular weight is 204 g/mol. The molecule has 0 bridgehead atoms. The Balaban J connectivity index is 1.96. The van der Waals surface area contributed by atoms with Gasteiger partial charge in [-0.2, -0.15) is 0 Å². The molecule has 1 fully saturated rings. The van der Waals surface area contributed by atoms with Gasteiger partial charge in [0.1, 0.15) is 0 Å². The Morgan fingerprint density at radius 3 is 3.07 bits per heavy atom. The Labute approximate surface area is 92.3 Å². The maximum absolute atomic E-state index is 3.47. The fourth-order valence-corrected chi connectivity index (χ4v) is 2.22. The molecule has 1 aromatic rings. The van der Waals surface area contributed by atoms with Gasteiger partial charge >= 0.3 is 0 Å². The first-order chi connectivity index (χ1) is 7.24. The summed E-state index contributed by atoms with van der Waals surface area (Å²) in [6.07, 6.45) is 0. The molecule has 0 aromatic heterocycles. The normalized spacial score (nSPS) is 22.9. The minimum absolute atomic E-state index is 0.628. The van der Waals surface area contributed by atoms with Crippen LogP contribution in [0.1, 0.15) is 18.1 Å². The first kappa shape index (κ1) is 10.7. The summed E-state index contributed by atoms with van der Waals surface area (Å²) in [4.78, 5) is 2.52. The molecule has 1 aromatic carbocycles. The van der Waals surface area contributed by atoms with Crippen molar-refractivity contribution < 1.29 is 0 Å². The van der Waals surface area contributed by atoms with Crippen LogP contribution in [0.5, 0.6) is 0 Å². The molecule has 1 saturated heterocycles. The third-order valence-corrected chi connectivity index (χ3v) is 2.94. The van der Waals surface area contributed by atoms with Crippen molar-refractivity contribution in [3.05, 3.63) is 35.4 Å². The summed E-state index contributed by atoms with van der Waals surface area (Å²) in [6.45, 7) is 8.94. The first-order valence-corrected chi connectivity index (χ1v) is 5.75. The largest absolute Gasteiger partial charge is 0.312 e. The average Bonchev–Trinajstić information content (AvgIpc) is 2.17. The molecule has 1 atom stereocenters. The van der Waals surface area contributed by atoms with Crippen molar-refractivity contribution in [1.29, 1.82) is 0 Å². The summed E-state index contributed by atoms with van der Waals surface area (Å²) in [5.41, 5.74) is 2.79. The maximum atomic E-state index is 3.47. The SMILES string of the molecule is Cc1cccc(CN2CCN[C@H](C)C2)c1. The fraction of sp³-hybridized carbons (Fsp3) is 0.538. The number of hydrogen-bond donors (Lipinski definition) is 1. The molecule has 1 aliphatic heterocycles. The van der Waals surface area contributed by atoms with Crippen LogP contribution in [0.25, 0.3) is 0 Å². The summed E-state index contributed by atoms with van der Waals surface area (Å²) in [7, 11) is 0. The second-order valence-corrected chi connectivity index (χ2v) is 4.58. The minimum atomic E-state index is 0.628. The van der Waals surface area contributed by atoms with Crippen molar-refractivity contribution in [2.24, 2.45) is 0 Å². The van der Waals surface area contributed by atoms with Crippen LogP contribution in [0.4, 0.5) is 0 Å². The van der Waals surface area contributed by atoms with Crippen LogP contribution in [0.15, 0.2) is 24.3 Å². The van der Waals surface area contributed by atoms with E-state index in [1.54, 1.807) is 0 Å². The molecule has 1 N–H and O–H groups in total. The van der Waals surface area contributed by atoms with Crippen LogP contribution in [0, 0.1) is 6.92 Å². The van der Waals surface area contributed by atoms with Crippen molar-refractivity contribution in [1.82, 2.24) is 10.2 Å². The predicted molar refractivity (Wildman–Crippen MR) is 63.9 cm³/mol. The second-order valence-electron chi connectivity index (χ2n) is 4.58. The zero-order valence-corrected chi connectivity index (χ0v) is 9.66. The van der Waals surface area contributed by atoms with Crippen LogP contribution in [-0.2, 0) is 6.54 Å². The summed E-state index contributed by atoms with van der Waals surface area (Å²) < 4.78 is 0. The number of piperazine rings is 1. The van der Waals surface area contributed by atoms with Crippen molar-refractivity contribution in [2.45, 2.75) is 26.4 Å². The standard InChI is InChI=1S/C13H20N2/c1-11-4-3-5-13(8-11)10-15-7-6-14-12(2)9-15/h3-5,8,12,14H,6-7,9-10H2,1-2H3/t12-/m1/s1. The maximum Gasteiger partial charge on any atom is 0.0235 e.